The van der Waals surface area contributed by atoms with Gasteiger partial charge in [0.15, 0.2) is 0 Å². The van der Waals surface area contributed by atoms with E-state index < -0.39 is 11.5 Å². The van der Waals surface area contributed by atoms with Gasteiger partial charge >= 0.3 is 5.97 Å². The molecular formula is C13H19NO2. The highest BCUT2D eigenvalue weighted by Crippen LogP contribution is 2.28. The summed E-state index contributed by atoms with van der Waals surface area (Å²) in [5.41, 5.74) is -0.172. The lowest BCUT2D eigenvalue weighted by Crippen LogP contribution is -2.48. The van der Waals surface area contributed by atoms with E-state index in [0.717, 1.165) is 5.56 Å². The molecule has 16 heavy (non-hydrogen) atoms. The van der Waals surface area contributed by atoms with Crippen LogP contribution in [-0.2, 0) is 10.3 Å². The summed E-state index contributed by atoms with van der Waals surface area (Å²) in [6.07, 6.45) is 0.572. The van der Waals surface area contributed by atoms with Crippen molar-refractivity contribution in [1.29, 1.82) is 0 Å². The second kappa shape index (κ2) is 5.12. The Morgan fingerprint density at radius 1 is 1.38 bits per heavy atom. The van der Waals surface area contributed by atoms with Crippen LogP contribution in [0.25, 0.3) is 0 Å². The lowest BCUT2D eigenvalue weighted by atomic mass is 9.82. The Bertz CT molecular complexity index is 348. The van der Waals surface area contributed by atoms with Crippen molar-refractivity contribution in [2.75, 3.05) is 7.05 Å². The van der Waals surface area contributed by atoms with Crippen molar-refractivity contribution in [1.82, 2.24) is 5.32 Å². The standard InChI is InChI=1S/C13H19NO2/c1-10(2)9-13(14-3,12(15)16)11-7-5-4-6-8-11/h4-8,10,14H,9H2,1-3H3,(H,15,16). The van der Waals surface area contributed by atoms with E-state index in [-0.39, 0.29) is 0 Å². The molecule has 0 aliphatic rings. The summed E-state index contributed by atoms with van der Waals surface area (Å²) >= 11 is 0. The SMILES string of the molecule is CNC(CC(C)C)(C(=O)O)c1ccccc1. The smallest absolute Gasteiger partial charge is 0.328 e. The van der Waals surface area contributed by atoms with E-state index >= 15 is 0 Å². The van der Waals surface area contributed by atoms with E-state index in [4.69, 9.17) is 0 Å². The zero-order valence-corrected chi connectivity index (χ0v) is 10.0. The Labute approximate surface area is 96.5 Å². The summed E-state index contributed by atoms with van der Waals surface area (Å²) in [6.45, 7) is 4.05. The molecule has 0 aromatic heterocycles. The number of carboxylic acids is 1. The predicted octanol–water partition coefficient (Wildman–Crippen LogP) is 2.23. The molecule has 0 aliphatic heterocycles. The topological polar surface area (TPSA) is 49.3 Å². The Balaban J connectivity index is 3.18. The first kappa shape index (κ1) is 12.7. The van der Waals surface area contributed by atoms with E-state index in [2.05, 4.69) is 5.32 Å². The van der Waals surface area contributed by atoms with Gasteiger partial charge in [-0.05, 0) is 24.9 Å². The number of hydrogen-bond acceptors (Lipinski definition) is 2. The molecule has 0 heterocycles. The molecule has 1 aromatic carbocycles. The third-order valence-electron chi connectivity index (χ3n) is 2.77. The molecule has 0 aliphatic carbocycles. The average Bonchev–Trinajstić information content (AvgIpc) is 2.26. The van der Waals surface area contributed by atoms with Gasteiger partial charge < -0.3 is 10.4 Å². The van der Waals surface area contributed by atoms with Crippen LogP contribution >= 0.6 is 0 Å². The monoisotopic (exact) mass is 221 g/mol. The van der Waals surface area contributed by atoms with Crippen LogP contribution in [0.15, 0.2) is 30.3 Å². The molecule has 0 saturated heterocycles. The van der Waals surface area contributed by atoms with Crippen molar-refractivity contribution < 1.29 is 9.90 Å². The van der Waals surface area contributed by atoms with Crippen LogP contribution in [-0.4, -0.2) is 18.1 Å². The van der Waals surface area contributed by atoms with Gasteiger partial charge in [0.2, 0.25) is 0 Å². The van der Waals surface area contributed by atoms with Gasteiger partial charge in [-0.1, -0.05) is 44.2 Å². The molecule has 0 amide bonds. The molecule has 3 nitrogen and oxygen atoms in total. The molecule has 1 rings (SSSR count). The highest BCUT2D eigenvalue weighted by molar-refractivity contribution is 5.80. The third-order valence-corrected chi connectivity index (χ3v) is 2.77. The van der Waals surface area contributed by atoms with Gasteiger partial charge in [0.1, 0.15) is 5.54 Å². The van der Waals surface area contributed by atoms with E-state index in [1.807, 2.05) is 44.2 Å². The summed E-state index contributed by atoms with van der Waals surface area (Å²) in [5, 5.41) is 12.4. The molecule has 0 radical (unpaired) electrons. The molecule has 3 heteroatoms. The Kier molecular flexibility index (Phi) is 4.07. The quantitative estimate of drug-likeness (QED) is 0.801. The molecule has 2 N–H and O–H groups in total. The van der Waals surface area contributed by atoms with E-state index in [1.165, 1.54) is 0 Å². The first-order chi connectivity index (χ1) is 7.53. The minimum atomic E-state index is -0.977. The number of likely N-dealkylation sites (N-methyl/N-ethyl adjacent to an activating group) is 1. The molecule has 0 bridgehead atoms. The number of rotatable bonds is 5. The maximum Gasteiger partial charge on any atom is 0.328 e. The van der Waals surface area contributed by atoms with Gasteiger partial charge in [-0.3, -0.25) is 0 Å². The van der Waals surface area contributed by atoms with E-state index in [9.17, 15) is 9.90 Å². The number of nitrogens with one attached hydrogen (secondary N) is 1. The maximum absolute atomic E-state index is 11.5. The second-order valence-electron chi connectivity index (χ2n) is 4.42. The fourth-order valence-electron chi connectivity index (χ4n) is 2.02. The zero-order valence-electron chi connectivity index (χ0n) is 10.0. The number of carbonyl (C=O) groups is 1. The highest BCUT2D eigenvalue weighted by atomic mass is 16.4. The zero-order chi connectivity index (χ0) is 12.2. The lowest BCUT2D eigenvalue weighted by molar-refractivity contribution is -0.146. The van der Waals surface area contributed by atoms with Gasteiger partial charge in [-0.15, -0.1) is 0 Å². The van der Waals surface area contributed by atoms with Gasteiger partial charge in [0, 0.05) is 0 Å². The number of aliphatic carboxylic acids is 1. The fourth-order valence-corrected chi connectivity index (χ4v) is 2.02. The van der Waals surface area contributed by atoms with E-state index in [0.29, 0.717) is 12.3 Å². The van der Waals surface area contributed by atoms with Crippen LogP contribution in [0.4, 0.5) is 0 Å². The maximum atomic E-state index is 11.5. The molecule has 0 saturated carbocycles. The second-order valence-corrected chi connectivity index (χ2v) is 4.42. The molecular weight excluding hydrogens is 202 g/mol. The van der Waals surface area contributed by atoms with Gasteiger partial charge in [-0.25, -0.2) is 4.79 Å². The Hall–Kier alpha value is -1.35. The molecule has 0 spiro atoms. The lowest BCUT2D eigenvalue weighted by Gasteiger charge is -2.31. The minimum Gasteiger partial charge on any atom is -0.480 e. The Morgan fingerprint density at radius 2 is 1.94 bits per heavy atom. The average molecular weight is 221 g/mol. The highest BCUT2D eigenvalue weighted by Gasteiger charge is 2.39. The van der Waals surface area contributed by atoms with Crippen molar-refractivity contribution in [2.45, 2.75) is 25.8 Å². The number of hydrogen-bond donors (Lipinski definition) is 2. The van der Waals surface area contributed by atoms with Crippen molar-refractivity contribution >= 4 is 5.97 Å². The summed E-state index contributed by atoms with van der Waals surface area (Å²) in [4.78, 5) is 11.5. The van der Waals surface area contributed by atoms with Crippen LogP contribution in [0.1, 0.15) is 25.8 Å². The van der Waals surface area contributed by atoms with Crippen LogP contribution < -0.4 is 5.32 Å². The summed E-state index contributed by atoms with van der Waals surface area (Å²) in [7, 11) is 1.70. The van der Waals surface area contributed by atoms with Gasteiger partial charge in [-0.2, -0.15) is 0 Å². The van der Waals surface area contributed by atoms with Crippen LogP contribution in [0.5, 0.6) is 0 Å². The van der Waals surface area contributed by atoms with E-state index in [1.54, 1.807) is 7.05 Å². The predicted molar refractivity (Wildman–Crippen MR) is 64.3 cm³/mol. The molecule has 1 aromatic rings. The molecule has 0 fully saturated rings. The minimum absolute atomic E-state index is 0.309. The normalized spacial score (nSPS) is 14.8. The third kappa shape index (κ3) is 2.42. The largest absolute Gasteiger partial charge is 0.480 e. The van der Waals surface area contributed by atoms with Crippen LogP contribution in [0.2, 0.25) is 0 Å². The Morgan fingerprint density at radius 3 is 2.31 bits per heavy atom. The van der Waals surface area contributed by atoms with Crippen molar-refractivity contribution in [3.63, 3.8) is 0 Å². The first-order valence-electron chi connectivity index (χ1n) is 5.50. The van der Waals surface area contributed by atoms with Gasteiger partial charge in [0.25, 0.3) is 0 Å². The fraction of sp³-hybridized carbons (Fsp3) is 0.462. The first-order valence-corrected chi connectivity index (χ1v) is 5.50. The van der Waals surface area contributed by atoms with Crippen LogP contribution in [0, 0.1) is 5.92 Å². The molecule has 1 unspecified atom stereocenters. The van der Waals surface area contributed by atoms with Gasteiger partial charge in [0.05, 0.1) is 0 Å². The number of carboxylic acid groups (broad SMARTS) is 1. The van der Waals surface area contributed by atoms with Crippen molar-refractivity contribution in [3.8, 4) is 0 Å². The van der Waals surface area contributed by atoms with Crippen LogP contribution in [0.3, 0.4) is 0 Å². The summed E-state index contributed by atoms with van der Waals surface area (Å²) in [5.74, 6) is -0.515. The summed E-state index contributed by atoms with van der Waals surface area (Å²) in [6, 6.07) is 9.33. The molecule has 1 atom stereocenters. The summed E-state index contributed by atoms with van der Waals surface area (Å²) < 4.78 is 0. The van der Waals surface area contributed by atoms with Crippen molar-refractivity contribution in [3.05, 3.63) is 35.9 Å². The van der Waals surface area contributed by atoms with Crippen molar-refractivity contribution in [2.24, 2.45) is 5.92 Å². The molecule has 88 valence electrons. The number of benzene rings is 1.